The van der Waals surface area contributed by atoms with Crippen molar-refractivity contribution in [3.8, 4) is 0 Å². The molecular formula is C13H22ClN5O2S. The van der Waals surface area contributed by atoms with Gasteiger partial charge in [-0.3, -0.25) is 4.90 Å². The molecule has 3 rings (SSSR count). The predicted octanol–water partition coefficient (Wildman–Crippen LogP) is 0.532. The molecular weight excluding hydrogens is 326 g/mol. The first-order valence-corrected chi connectivity index (χ1v) is 9.39. The van der Waals surface area contributed by atoms with Gasteiger partial charge in [0.1, 0.15) is 11.0 Å². The van der Waals surface area contributed by atoms with Crippen LogP contribution in [0.4, 0.5) is 0 Å². The first kappa shape index (κ1) is 16.2. The fraction of sp³-hybridized carbons (Fsp3) is 0.769. The third kappa shape index (κ3) is 3.16. The van der Waals surface area contributed by atoms with E-state index >= 15 is 0 Å². The number of halogens is 1. The molecule has 124 valence electrons. The molecule has 3 heterocycles. The number of aromatic nitrogens is 2. The molecule has 22 heavy (non-hydrogen) atoms. The molecule has 1 aromatic rings. The molecule has 0 saturated carbocycles. The van der Waals surface area contributed by atoms with Gasteiger partial charge >= 0.3 is 0 Å². The number of hydrogen-bond donors (Lipinski definition) is 0. The fourth-order valence-corrected chi connectivity index (χ4v) is 4.79. The Kier molecular flexibility index (Phi) is 4.75. The number of imidazole rings is 1. The lowest BCUT2D eigenvalue weighted by atomic mass is 10.3. The van der Waals surface area contributed by atoms with Crippen molar-refractivity contribution in [1.29, 1.82) is 0 Å². The molecule has 0 atom stereocenters. The Balaban J connectivity index is 1.57. The van der Waals surface area contributed by atoms with Crippen LogP contribution < -0.4 is 0 Å². The second-order valence-electron chi connectivity index (χ2n) is 5.85. The summed E-state index contributed by atoms with van der Waals surface area (Å²) in [6, 6.07) is 0. The van der Waals surface area contributed by atoms with E-state index < -0.39 is 10.2 Å². The summed E-state index contributed by atoms with van der Waals surface area (Å²) in [4.78, 5) is 6.51. The van der Waals surface area contributed by atoms with Crippen LogP contribution in [0, 0.1) is 0 Å². The summed E-state index contributed by atoms with van der Waals surface area (Å²) in [5.41, 5.74) is 0. The molecule has 2 aliphatic heterocycles. The first-order chi connectivity index (χ1) is 10.5. The van der Waals surface area contributed by atoms with Crippen molar-refractivity contribution in [2.75, 3.05) is 39.3 Å². The van der Waals surface area contributed by atoms with Gasteiger partial charge in [0.2, 0.25) is 0 Å². The Morgan fingerprint density at radius 1 is 1.09 bits per heavy atom. The lowest BCUT2D eigenvalue weighted by Gasteiger charge is -2.35. The molecule has 1 aromatic heterocycles. The van der Waals surface area contributed by atoms with Crippen molar-refractivity contribution < 1.29 is 8.42 Å². The summed E-state index contributed by atoms with van der Waals surface area (Å²) in [5.74, 6) is 0.904. The molecule has 2 aliphatic rings. The van der Waals surface area contributed by atoms with Crippen LogP contribution in [0.2, 0.25) is 5.15 Å². The average molecular weight is 348 g/mol. The Labute approximate surface area is 136 Å². The fourth-order valence-electron chi connectivity index (χ4n) is 2.97. The van der Waals surface area contributed by atoms with Crippen LogP contribution in [0.5, 0.6) is 0 Å². The Hall–Kier alpha value is -0.670. The Morgan fingerprint density at radius 2 is 1.68 bits per heavy atom. The molecule has 2 fully saturated rings. The van der Waals surface area contributed by atoms with Crippen molar-refractivity contribution >= 4 is 21.8 Å². The van der Waals surface area contributed by atoms with Gasteiger partial charge in [0.05, 0.1) is 12.7 Å². The van der Waals surface area contributed by atoms with E-state index in [0.717, 1.165) is 31.8 Å². The number of piperazine rings is 1. The molecule has 0 amide bonds. The van der Waals surface area contributed by atoms with Crippen molar-refractivity contribution in [2.45, 2.75) is 19.4 Å². The van der Waals surface area contributed by atoms with Crippen LogP contribution >= 0.6 is 11.6 Å². The maximum Gasteiger partial charge on any atom is 0.282 e. The van der Waals surface area contributed by atoms with Crippen LogP contribution in [0.25, 0.3) is 0 Å². The predicted molar refractivity (Wildman–Crippen MR) is 84.8 cm³/mol. The van der Waals surface area contributed by atoms with Crippen molar-refractivity contribution in [1.82, 2.24) is 23.1 Å². The number of rotatable bonds is 4. The maximum absolute atomic E-state index is 12.5. The van der Waals surface area contributed by atoms with E-state index in [-0.39, 0.29) is 0 Å². The summed E-state index contributed by atoms with van der Waals surface area (Å²) in [6.07, 6.45) is 3.59. The highest BCUT2D eigenvalue weighted by atomic mass is 35.5. The highest BCUT2D eigenvalue weighted by molar-refractivity contribution is 7.86. The average Bonchev–Trinajstić information content (AvgIpc) is 3.14. The van der Waals surface area contributed by atoms with Gasteiger partial charge in [0.25, 0.3) is 10.2 Å². The minimum atomic E-state index is -3.26. The molecule has 9 heteroatoms. The lowest BCUT2D eigenvalue weighted by Crippen LogP contribution is -2.52. The number of hydrogen-bond acceptors (Lipinski definition) is 4. The zero-order valence-electron chi connectivity index (χ0n) is 12.8. The standard InChI is InChI=1S/C13H22ClN5O2S/c1-16-12(14)10-15-13(16)11-17-6-8-19(9-7-17)22(20,21)18-4-2-3-5-18/h10H,2-9,11H2,1H3. The number of nitrogens with zero attached hydrogens (tertiary/aromatic N) is 5. The normalized spacial score (nSPS) is 22.5. The molecule has 0 N–H and O–H groups in total. The summed E-state index contributed by atoms with van der Waals surface area (Å²) in [5, 5.41) is 0.616. The summed E-state index contributed by atoms with van der Waals surface area (Å²) in [6.45, 7) is 4.53. The zero-order chi connectivity index (χ0) is 15.7. The van der Waals surface area contributed by atoms with Gasteiger partial charge in [0.15, 0.2) is 0 Å². The molecule has 0 bridgehead atoms. The second-order valence-corrected chi connectivity index (χ2v) is 8.16. The van der Waals surface area contributed by atoms with Crippen LogP contribution in [0.1, 0.15) is 18.7 Å². The van der Waals surface area contributed by atoms with E-state index in [1.807, 2.05) is 11.6 Å². The topological polar surface area (TPSA) is 61.7 Å². The van der Waals surface area contributed by atoms with Crippen molar-refractivity contribution in [3.05, 3.63) is 17.2 Å². The van der Waals surface area contributed by atoms with Gasteiger partial charge in [-0.2, -0.15) is 17.0 Å². The minimum absolute atomic E-state index is 0.539. The monoisotopic (exact) mass is 347 g/mol. The van der Waals surface area contributed by atoms with Gasteiger partial charge in [-0.1, -0.05) is 11.6 Å². The minimum Gasteiger partial charge on any atom is -0.321 e. The quantitative estimate of drug-likeness (QED) is 0.797. The molecule has 0 aliphatic carbocycles. The van der Waals surface area contributed by atoms with E-state index in [4.69, 9.17) is 11.6 Å². The molecule has 0 radical (unpaired) electrons. The smallest absolute Gasteiger partial charge is 0.282 e. The van der Waals surface area contributed by atoms with Crippen molar-refractivity contribution in [2.24, 2.45) is 7.05 Å². The Morgan fingerprint density at radius 3 is 2.23 bits per heavy atom. The van der Waals surface area contributed by atoms with E-state index in [0.29, 0.717) is 37.9 Å². The molecule has 0 aromatic carbocycles. The van der Waals surface area contributed by atoms with Crippen molar-refractivity contribution in [3.63, 3.8) is 0 Å². The van der Waals surface area contributed by atoms with Gasteiger partial charge in [-0.05, 0) is 12.8 Å². The third-order valence-electron chi connectivity index (χ3n) is 4.44. The van der Waals surface area contributed by atoms with E-state index in [9.17, 15) is 8.42 Å². The Bertz CT molecular complexity index is 618. The highest BCUT2D eigenvalue weighted by Gasteiger charge is 2.33. The molecule has 2 saturated heterocycles. The van der Waals surface area contributed by atoms with Gasteiger partial charge in [-0.15, -0.1) is 0 Å². The highest BCUT2D eigenvalue weighted by Crippen LogP contribution is 2.19. The molecule has 0 unspecified atom stereocenters. The van der Waals surface area contributed by atoms with Crippen LogP contribution in [0.15, 0.2) is 6.20 Å². The van der Waals surface area contributed by atoms with E-state index in [2.05, 4.69) is 9.88 Å². The third-order valence-corrected chi connectivity index (χ3v) is 6.83. The van der Waals surface area contributed by atoms with Gasteiger partial charge in [-0.25, -0.2) is 4.98 Å². The first-order valence-electron chi connectivity index (χ1n) is 7.62. The summed E-state index contributed by atoms with van der Waals surface area (Å²) >= 11 is 5.99. The SMILES string of the molecule is Cn1c(Cl)cnc1CN1CCN(S(=O)(=O)N2CCCC2)CC1. The lowest BCUT2D eigenvalue weighted by molar-refractivity contribution is 0.171. The summed E-state index contributed by atoms with van der Waals surface area (Å²) in [7, 11) is -1.38. The van der Waals surface area contributed by atoms with Crippen LogP contribution in [0.3, 0.4) is 0 Å². The molecule has 0 spiro atoms. The van der Waals surface area contributed by atoms with Gasteiger partial charge < -0.3 is 4.57 Å². The molecule has 7 nitrogen and oxygen atoms in total. The van der Waals surface area contributed by atoms with Gasteiger partial charge in [0, 0.05) is 46.3 Å². The largest absolute Gasteiger partial charge is 0.321 e. The van der Waals surface area contributed by atoms with E-state index in [1.54, 1.807) is 14.8 Å². The zero-order valence-corrected chi connectivity index (χ0v) is 14.4. The second kappa shape index (κ2) is 6.45. The summed E-state index contributed by atoms with van der Waals surface area (Å²) < 4.78 is 30.1. The van der Waals surface area contributed by atoms with E-state index in [1.165, 1.54) is 0 Å². The van der Waals surface area contributed by atoms with Crippen LogP contribution in [-0.4, -0.2) is 70.7 Å². The van der Waals surface area contributed by atoms with Crippen LogP contribution in [-0.2, 0) is 23.8 Å². The maximum atomic E-state index is 12.5.